The molecule has 0 aliphatic carbocycles. The second kappa shape index (κ2) is 4.13. The number of carbonyl (C=O) groups excluding carboxylic acids is 1. The minimum Gasteiger partial charge on any atom is -0.460 e. The number of carbonyl (C=O) groups is 1. The summed E-state index contributed by atoms with van der Waals surface area (Å²) in [6.45, 7) is 1.98. The van der Waals surface area contributed by atoms with Gasteiger partial charge in [0.15, 0.2) is 0 Å². The number of esters is 1. The van der Waals surface area contributed by atoms with Gasteiger partial charge in [0, 0.05) is 7.05 Å². The van der Waals surface area contributed by atoms with Gasteiger partial charge >= 0.3 is 5.97 Å². The first-order valence-corrected chi connectivity index (χ1v) is 4.70. The van der Waals surface area contributed by atoms with E-state index in [0.717, 1.165) is 0 Å². The molecule has 84 valence electrons. The Labute approximate surface area is 91.0 Å². The lowest BCUT2D eigenvalue weighted by atomic mass is 10.4. The van der Waals surface area contributed by atoms with Crippen molar-refractivity contribution in [2.45, 2.75) is 6.92 Å². The van der Waals surface area contributed by atoms with E-state index in [-0.39, 0.29) is 18.3 Å². The monoisotopic (exact) mass is 222 g/mol. The molecule has 2 heterocycles. The van der Waals surface area contributed by atoms with Crippen LogP contribution in [0.4, 0.5) is 0 Å². The Hall–Kier alpha value is -2.18. The van der Waals surface area contributed by atoms with Crippen molar-refractivity contribution < 1.29 is 14.1 Å². The van der Waals surface area contributed by atoms with Crippen molar-refractivity contribution in [3.63, 3.8) is 0 Å². The topological polar surface area (TPSA) is 83.0 Å². The van der Waals surface area contributed by atoms with Gasteiger partial charge in [-0.25, -0.2) is 9.78 Å². The van der Waals surface area contributed by atoms with Crippen molar-refractivity contribution in [1.82, 2.24) is 19.7 Å². The molecule has 0 saturated carbocycles. The molecule has 0 aliphatic rings. The molecule has 0 atom stereocenters. The Kier molecular flexibility index (Phi) is 2.67. The fraction of sp³-hybridized carbons (Fsp3) is 0.333. The fourth-order valence-electron chi connectivity index (χ4n) is 1.17. The van der Waals surface area contributed by atoms with Gasteiger partial charge < -0.3 is 13.8 Å². The summed E-state index contributed by atoms with van der Waals surface area (Å²) >= 11 is 0. The van der Waals surface area contributed by atoms with Gasteiger partial charge in [0.25, 0.3) is 11.7 Å². The van der Waals surface area contributed by atoms with Gasteiger partial charge in [-0.05, 0) is 12.1 Å². The van der Waals surface area contributed by atoms with Gasteiger partial charge in [0.05, 0.1) is 19.1 Å². The lowest BCUT2D eigenvalue weighted by Gasteiger charge is -1.94. The number of hydrogen-bond donors (Lipinski definition) is 0. The van der Waals surface area contributed by atoms with Crippen LogP contribution in [0.15, 0.2) is 17.0 Å². The van der Waals surface area contributed by atoms with Crippen LogP contribution in [0, 0.1) is 0 Å². The van der Waals surface area contributed by atoms with Crippen LogP contribution in [0.3, 0.4) is 0 Å². The average molecular weight is 222 g/mol. The SMILES string of the molecule is CCOC(=O)c1noc(-c2cncn2C)n1. The van der Waals surface area contributed by atoms with Crippen molar-refractivity contribution in [3.8, 4) is 11.6 Å². The van der Waals surface area contributed by atoms with Crippen molar-refractivity contribution in [2.24, 2.45) is 7.05 Å². The minimum absolute atomic E-state index is 0.0851. The predicted octanol–water partition coefficient (Wildman–Crippen LogP) is 0.647. The van der Waals surface area contributed by atoms with E-state index in [1.165, 1.54) is 0 Å². The summed E-state index contributed by atoms with van der Waals surface area (Å²) in [5.41, 5.74) is 0.642. The van der Waals surface area contributed by atoms with Crippen molar-refractivity contribution >= 4 is 5.97 Å². The van der Waals surface area contributed by atoms with Crippen LogP contribution in [0.2, 0.25) is 0 Å². The average Bonchev–Trinajstić information content (AvgIpc) is 2.86. The molecule has 7 heteroatoms. The van der Waals surface area contributed by atoms with Gasteiger partial charge in [0.1, 0.15) is 5.69 Å². The molecule has 2 aromatic rings. The molecular weight excluding hydrogens is 212 g/mol. The number of aromatic nitrogens is 4. The lowest BCUT2D eigenvalue weighted by molar-refractivity contribution is 0.0508. The summed E-state index contributed by atoms with van der Waals surface area (Å²) in [4.78, 5) is 19.1. The molecule has 0 bridgehead atoms. The third-order valence-electron chi connectivity index (χ3n) is 1.92. The molecular formula is C9H10N4O3. The Morgan fingerprint density at radius 1 is 1.62 bits per heavy atom. The fourth-order valence-corrected chi connectivity index (χ4v) is 1.17. The van der Waals surface area contributed by atoms with E-state index in [4.69, 9.17) is 9.26 Å². The maximum absolute atomic E-state index is 11.3. The van der Waals surface area contributed by atoms with Gasteiger partial charge in [-0.2, -0.15) is 4.98 Å². The number of imidazole rings is 1. The van der Waals surface area contributed by atoms with Crippen molar-refractivity contribution in [1.29, 1.82) is 0 Å². The van der Waals surface area contributed by atoms with E-state index in [1.807, 2.05) is 0 Å². The van der Waals surface area contributed by atoms with E-state index in [0.29, 0.717) is 5.69 Å². The molecule has 0 spiro atoms. The second-order valence-corrected chi connectivity index (χ2v) is 3.03. The quantitative estimate of drug-likeness (QED) is 0.709. The Morgan fingerprint density at radius 3 is 3.06 bits per heavy atom. The normalized spacial score (nSPS) is 10.4. The van der Waals surface area contributed by atoms with Crippen LogP contribution in [0.25, 0.3) is 11.6 Å². The highest BCUT2D eigenvalue weighted by molar-refractivity contribution is 5.85. The number of aryl methyl sites for hydroxylation is 1. The van der Waals surface area contributed by atoms with Crippen LogP contribution in [0.5, 0.6) is 0 Å². The molecule has 16 heavy (non-hydrogen) atoms. The highest BCUT2D eigenvalue weighted by Gasteiger charge is 2.17. The number of hydrogen-bond acceptors (Lipinski definition) is 6. The van der Waals surface area contributed by atoms with E-state index in [2.05, 4.69) is 15.1 Å². The van der Waals surface area contributed by atoms with Gasteiger partial charge in [-0.1, -0.05) is 0 Å². The highest BCUT2D eigenvalue weighted by atomic mass is 16.5. The van der Waals surface area contributed by atoms with Crippen LogP contribution in [-0.4, -0.2) is 32.3 Å². The van der Waals surface area contributed by atoms with Gasteiger partial charge in [0.2, 0.25) is 0 Å². The molecule has 2 rings (SSSR count). The summed E-state index contributed by atoms with van der Waals surface area (Å²) in [6, 6.07) is 0. The minimum atomic E-state index is -0.598. The van der Waals surface area contributed by atoms with E-state index < -0.39 is 5.97 Å². The van der Waals surface area contributed by atoms with Crippen molar-refractivity contribution in [2.75, 3.05) is 6.61 Å². The van der Waals surface area contributed by atoms with Crippen LogP contribution >= 0.6 is 0 Å². The molecule has 0 N–H and O–H groups in total. The van der Waals surface area contributed by atoms with Crippen LogP contribution < -0.4 is 0 Å². The molecule has 0 amide bonds. The standard InChI is InChI=1S/C9H10N4O3/c1-3-15-9(14)7-11-8(16-12-7)6-4-10-5-13(6)2/h4-5H,3H2,1-2H3. The first-order chi connectivity index (χ1) is 7.72. The summed E-state index contributed by atoms with van der Waals surface area (Å²) in [6.07, 6.45) is 3.17. The number of nitrogens with zero attached hydrogens (tertiary/aromatic N) is 4. The first kappa shape index (κ1) is 10.3. The molecule has 0 radical (unpaired) electrons. The van der Waals surface area contributed by atoms with E-state index >= 15 is 0 Å². The zero-order valence-corrected chi connectivity index (χ0v) is 8.88. The number of rotatable bonds is 3. The predicted molar refractivity (Wildman–Crippen MR) is 52.5 cm³/mol. The zero-order valence-electron chi connectivity index (χ0n) is 8.88. The Morgan fingerprint density at radius 2 is 2.44 bits per heavy atom. The molecule has 2 aromatic heterocycles. The zero-order chi connectivity index (χ0) is 11.5. The summed E-state index contributed by atoms with van der Waals surface area (Å²) < 4.78 is 11.4. The molecule has 0 unspecified atom stereocenters. The molecule has 0 aliphatic heterocycles. The first-order valence-electron chi connectivity index (χ1n) is 4.70. The van der Waals surface area contributed by atoms with Crippen LogP contribution in [-0.2, 0) is 11.8 Å². The van der Waals surface area contributed by atoms with Crippen LogP contribution in [0.1, 0.15) is 17.5 Å². The lowest BCUT2D eigenvalue weighted by Crippen LogP contribution is -2.06. The molecule has 0 fully saturated rings. The summed E-state index contributed by atoms with van der Waals surface area (Å²) in [5.74, 6) is -0.444. The van der Waals surface area contributed by atoms with Gasteiger partial charge in [-0.3, -0.25) is 0 Å². The maximum atomic E-state index is 11.3. The Balaban J connectivity index is 2.26. The maximum Gasteiger partial charge on any atom is 0.379 e. The van der Waals surface area contributed by atoms with E-state index in [1.54, 1.807) is 31.1 Å². The molecule has 7 nitrogen and oxygen atoms in total. The third-order valence-corrected chi connectivity index (χ3v) is 1.92. The number of ether oxygens (including phenoxy) is 1. The third kappa shape index (κ3) is 1.79. The van der Waals surface area contributed by atoms with Gasteiger partial charge in [-0.15, -0.1) is 0 Å². The summed E-state index contributed by atoms with van der Waals surface area (Å²) in [7, 11) is 1.79. The molecule has 0 saturated heterocycles. The Bertz CT molecular complexity index is 502. The van der Waals surface area contributed by atoms with E-state index in [9.17, 15) is 4.79 Å². The largest absolute Gasteiger partial charge is 0.460 e. The molecule has 0 aromatic carbocycles. The summed E-state index contributed by atoms with van der Waals surface area (Å²) in [5, 5.41) is 3.53. The second-order valence-electron chi connectivity index (χ2n) is 3.03. The highest BCUT2D eigenvalue weighted by Crippen LogP contribution is 2.15. The van der Waals surface area contributed by atoms with Crippen molar-refractivity contribution in [3.05, 3.63) is 18.3 Å². The smallest absolute Gasteiger partial charge is 0.379 e.